The lowest BCUT2D eigenvalue weighted by Gasteiger charge is -2.38. The van der Waals surface area contributed by atoms with Gasteiger partial charge in [0.05, 0.1) is 34.7 Å². The summed E-state index contributed by atoms with van der Waals surface area (Å²) in [6.07, 6.45) is 0.452. The van der Waals surface area contributed by atoms with Gasteiger partial charge in [-0.05, 0) is 54.6 Å². The van der Waals surface area contributed by atoms with Gasteiger partial charge in [-0.2, -0.15) is 18.4 Å². The second-order valence-corrected chi connectivity index (χ2v) is 16.7. The summed E-state index contributed by atoms with van der Waals surface area (Å²) in [7, 11) is -2.01. The highest BCUT2D eigenvalue weighted by molar-refractivity contribution is 6.74. The number of hydrogen-bond acceptors (Lipinski definition) is 4. The molecule has 9 heteroatoms. The molecule has 1 aliphatic heterocycles. The quantitative estimate of drug-likeness (QED) is 0.278. The van der Waals surface area contributed by atoms with Crippen LogP contribution in [-0.2, 0) is 20.2 Å². The Morgan fingerprint density at radius 1 is 1.14 bits per heavy atom. The monoisotopic (exact) mass is 504 g/mol. The molecule has 1 aromatic carbocycles. The molecule has 2 amide bonds. The summed E-state index contributed by atoms with van der Waals surface area (Å²) in [6, 6.07) is 4.54. The van der Waals surface area contributed by atoms with E-state index in [1.165, 1.54) is 12.1 Å². The van der Waals surface area contributed by atoms with Gasteiger partial charge in [0, 0.05) is 12.0 Å². The van der Waals surface area contributed by atoms with Crippen LogP contribution in [0.1, 0.15) is 51.7 Å². The summed E-state index contributed by atoms with van der Waals surface area (Å²) in [5.74, 6) is -2.22. The smallest absolute Gasteiger partial charge is 0.417 e. The summed E-state index contributed by atoms with van der Waals surface area (Å²) in [6.45, 7) is 13.2. The van der Waals surface area contributed by atoms with Gasteiger partial charge >= 0.3 is 6.18 Å². The third kappa shape index (κ3) is 3.86. The third-order valence-electron chi connectivity index (χ3n) is 8.67. The normalized spacial score (nSPS) is 30.2. The van der Waals surface area contributed by atoms with E-state index in [-0.39, 0.29) is 10.7 Å². The number of rotatable bonds is 5. The van der Waals surface area contributed by atoms with Crippen molar-refractivity contribution < 1.29 is 27.2 Å². The van der Waals surface area contributed by atoms with Gasteiger partial charge < -0.3 is 4.43 Å². The van der Waals surface area contributed by atoms with Crippen molar-refractivity contribution in [2.45, 2.75) is 64.8 Å². The first-order valence-electron chi connectivity index (χ1n) is 11.8. The number of carbonyl (C=O) groups excluding carboxylic acids is 2. The molecule has 2 fully saturated rings. The molecule has 1 saturated heterocycles. The largest absolute Gasteiger partial charge is 0.417 e. The maximum Gasteiger partial charge on any atom is 0.417 e. The van der Waals surface area contributed by atoms with Crippen LogP contribution in [-0.4, -0.2) is 26.7 Å². The number of hydrogen-bond donors (Lipinski definition) is 0. The first kappa shape index (κ1) is 25.6. The van der Waals surface area contributed by atoms with Crippen molar-refractivity contribution in [3.63, 3.8) is 0 Å². The molecule has 3 aliphatic rings. The Balaban J connectivity index is 1.65. The van der Waals surface area contributed by atoms with Crippen LogP contribution in [0.25, 0.3) is 0 Å². The average molecular weight is 505 g/mol. The SMILES string of the molecule is CC12C=CC(CCO[Si](C)(C)C(C)(C)C)(C1)[C@H]1C(=O)N(c3ccc(C#N)c(C(F)(F)F)c3)C(=O)[C@H]12. The van der Waals surface area contributed by atoms with E-state index >= 15 is 0 Å². The zero-order chi connectivity index (χ0) is 26.2. The molecule has 1 aromatic rings. The highest BCUT2D eigenvalue weighted by Gasteiger charge is 2.70. The molecule has 2 aliphatic carbocycles. The molecule has 5 nitrogen and oxygen atoms in total. The lowest BCUT2D eigenvalue weighted by atomic mass is 9.71. The van der Waals surface area contributed by atoms with Gasteiger partial charge in [0.2, 0.25) is 11.8 Å². The lowest BCUT2D eigenvalue weighted by Crippen LogP contribution is -2.42. The molecule has 1 saturated carbocycles. The fraction of sp³-hybridized carbons (Fsp3) is 0.577. The number of amides is 2. The van der Waals surface area contributed by atoms with Crippen molar-refractivity contribution >= 4 is 25.8 Å². The van der Waals surface area contributed by atoms with Crippen molar-refractivity contribution in [2.24, 2.45) is 22.7 Å². The predicted molar refractivity (Wildman–Crippen MR) is 128 cm³/mol. The fourth-order valence-electron chi connectivity index (χ4n) is 5.82. The molecule has 35 heavy (non-hydrogen) atoms. The zero-order valence-corrected chi connectivity index (χ0v) is 21.9. The number of anilines is 1. The van der Waals surface area contributed by atoms with Crippen LogP contribution in [0.5, 0.6) is 0 Å². The molecule has 0 aromatic heterocycles. The Kier molecular flexibility index (Phi) is 5.70. The standard InChI is InChI=1S/C26H31F3N2O3Si/c1-23(2,3)35(5,6)34-12-11-25-10-9-24(4,15-25)19-20(25)22(33)31(21(19)32)17-8-7-16(14-30)18(13-17)26(27,28)29/h7-10,13,19-20H,11-12,15H2,1-6H3/t19-,20+,24?,25?/m0/s1. The minimum atomic E-state index is -4.78. The van der Waals surface area contributed by atoms with Crippen LogP contribution >= 0.6 is 0 Å². The van der Waals surface area contributed by atoms with E-state index in [1.54, 1.807) is 0 Å². The number of nitriles is 1. The lowest BCUT2D eigenvalue weighted by molar-refractivity contribution is -0.138. The van der Waals surface area contributed by atoms with Crippen molar-refractivity contribution in [1.82, 2.24) is 0 Å². The number of allylic oxidation sites excluding steroid dienone is 2. The number of fused-ring (bicyclic) bond motifs is 5. The van der Waals surface area contributed by atoms with E-state index in [4.69, 9.17) is 9.69 Å². The topological polar surface area (TPSA) is 70.4 Å². The molecule has 2 bridgehead atoms. The van der Waals surface area contributed by atoms with E-state index in [1.807, 2.05) is 19.1 Å². The first-order chi connectivity index (χ1) is 16.0. The zero-order valence-electron chi connectivity index (χ0n) is 20.9. The molecule has 2 unspecified atom stereocenters. The number of imide groups is 1. The van der Waals surface area contributed by atoms with E-state index in [0.717, 1.165) is 17.0 Å². The summed E-state index contributed by atoms with van der Waals surface area (Å²) in [5, 5.41) is 9.13. The molecule has 4 atom stereocenters. The van der Waals surface area contributed by atoms with E-state index in [9.17, 15) is 22.8 Å². The summed E-state index contributed by atoms with van der Waals surface area (Å²) < 4.78 is 47.0. The van der Waals surface area contributed by atoms with Crippen molar-refractivity contribution in [3.8, 4) is 6.07 Å². The minimum absolute atomic E-state index is 0.0324. The maximum absolute atomic E-state index is 13.7. The van der Waals surface area contributed by atoms with Crippen molar-refractivity contribution in [3.05, 3.63) is 41.5 Å². The van der Waals surface area contributed by atoms with Crippen molar-refractivity contribution in [1.29, 1.82) is 5.26 Å². The molecule has 4 rings (SSSR count). The predicted octanol–water partition coefficient (Wildman–Crippen LogP) is 6.06. The van der Waals surface area contributed by atoms with Crippen LogP contribution < -0.4 is 4.90 Å². The van der Waals surface area contributed by atoms with Gasteiger partial charge in [-0.3, -0.25) is 9.59 Å². The average Bonchev–Trinajstić information content (AvgIpc) is 3.30. The Morgan fingerprint density at radius 2 is 1.77 bits per heavy atom. The Bertz CT molecular complexity index is 1160. The third-order valence-corrected chi connectivity index (χ3v) is 13.2. The van der Waals surface area contributed by atoms with Crippen LogP contribution in [0.3, 0.4) is 0 Å². The van der Waals surface area contributed by atoms with Crippen molar-refractivity contribution in [2.75, 3.05) is 11.5 Å². The summed E-state index contributed by atoms with van der Waals surface area (Å²) in [4.78, 5) is 28.1. The number of benzene rings is 1. The van der Waals surface area contributed by atoms with Crippen LogP contribution in [0.2, 0.25) is 18.1 Å². The highest BCUT2D eigenvalue weighted by atomic mass is 28.4. The second kappa shape index (κ2) is 7.78. The molecule has 1 heterocycles. The number of halogens is 3. The van der Waals surface area contributed by atoms with Gasteiger partial charge in [-0.1, -0.05) is 39.8 Å². The van der Waals surface area contributed by atoms with Gasteiger partial charge in [0.15, 0.2) is 8.32 Å². The molecule has 0 N–H and O–H groups in total. The molecule has 0 spiro atoms. The first-order valence-corrected chi connectivity index (χ1v) is 14.7. The maximum atomic E-state index is 13.7. The molecule has 0 radical (unpaired) electrons. The van der Waals surface area contributed by atoms with Gasteiger partial charge in [0.1, 0.15) is 0 Å². The number of alkyl halides is 3. The summed E-state index contributed by atoms with van der Waals surface area (Å²) >= 11 is 0. The Hall–Kier alpha value is -2.44. The minimum Gasteiger partial charge on any atom is -0.417 e. The van der Waals surface area contributed by atoms with Gasteiger partial charge in [-0.25, -0.2) is 4.90 Å². The number of nitrogens with zero attached hydrogens (tertiary/aromatic N) is 2. The van der Waals surface area contributed by atoms with Crippen LogP contribution in [0, 0.1) is 34.0 Å². The highest BCUT2D eigenvalue weighted by Crippen LogP contribution is 2.67. The van der Waals surface area contributed by atoms with Crippen LogP contribution in [0.4, 0.5) is 18.9 Å². The summed E-state index contributed by atoms with van der Waals surface area (Å²) in [5.41, 5.74) is -2.95. The number of carbonyl (C=O) groups is 2. The van der Waals surface area contributed by atoms with Gasteiger partial charge in [-0.15, -0.1) is 0 Å². The Morgan fingerprint density at radius 3 is 2.34 bits per heavy atom. The molecule has 188 valence electrons. The molecular formula is C26H31F3N2O3Si. The second-order valence-electron chi connectivity index (χ2n) is 11.9. The molecular weight excluding hydrogens is 473 g/mol. The van der Waals surface area contributed by atoms with E-state index < -0.39 is 60.1 Å². The van der Waals surface area contributed by atoms with E-state index in [0.29, 0.717) is 19.4 Å². The fourth-order valence-corrected chi connectivity index (χ4v) is 6.87. The Labute approximate surface area is 205 Å². The van der Waals surface area contributed by atoms with Gasteiger partial charge in [0.25, 0.3) is 0 Å². The van der Waals surface area contributed by atoms with E-state index in [2.05, 4.69) is 33.9 Å². The van der Waals surface area contributed by atoms with Crippen LogP contribution in [0.15, 0.2) is 30.4 Å².